The Morgan fingerprint density at radius 3 is 3.04 bits per heavy atom. The number of nitrogens with one attached hydrogen (secondary N) is 1. The molecule has 0 unspecified atom stereocenters. The van der Waals surface area contributed by atoms with Crippen LogP contribution in [0.5, 0.6) is 0 Å². The largest absolute Gasteiger partial charge is 0.375 e. The van der Waals surface area contributed by atoms with Crippen LogP contribution in [0.1, 0.15) is 27.7 Å². The van der Waals surface area contributed by atoms with Gasteiger partial charge in [0.2, 0.25) is 5.91 Å². The molecule has 0 saturated carbocycles. The van der Waals surface area contributed by atoms with E-state index in [-0.39, 0.29) is 24.5 Å². The zero-order valence-corrected chi connectivity index (χ0v) is 14.4. The van der Waals surface area contributed by atoms with Gasteiger partial charge < -0.3 is 15.0 Å². The first kappa shape index (κ1) is 17.6. The normalized spacial score (nSPS) is 15.8. The molecule has 3 rings (SSSR count). The highest BCUT2D eigenvalue weighted by Crippen LogP contribution is 2.22. The summed E-state index contributed by atoms with van der Waals surface area (Å²) in [6, 6.07) is 10.4. The van der Waals surface area contributed by atoms with Crippen molar-refractivity contribution in [1.29, 1.82) is 5.26 Å². The third kappa shape index (κ3) is 3.73. The summed E-state index contributed by atoms with van der Waals surface area (Å²) in [7, 11) is 1.46. The van der Waals surface area contributed by atoms with E-state index in [0.29, 0.717) is 30.8 Å². The van der Waals surface area contributed by atoms with Crippen LogP contribution in [0.3, 0.4) is 0 Å². The summed E-state index contributed by atoms with van der Waals surface area (Å²) in [6.07, 6.45) is 1.68. The van der Waals surface area contributed by atoms with Crippen LogP contribution in [0.15, 0.2) is 36.5 Å². The van der Waals surface area contributed by atoms with Crippen LogP contribution < -0.4 is 5.32 Å². The first-order chi connectivity index (χ1) is 12.6. The van der Waals surface area contributed by atoms with Crippen LogP contribution in [0, 0.1) is 11.3 Å². The molecule has 1 N–H and O–H groups in total. The number of carbonyl (C=O) groups is 2. The van der Waals surface area contributed by atoms with Crippen LogP contribution in [-0.4, -0.2) is 53.3 Å². The zero-order valence-electron chi connectivity index (χ0n) is 14.4. The quantitative estimate of drug-likeness (QED) is 0.853. The molecule has 0 spiro atoms. The molecule has 0 radical (unpaired) electrons. The van der Waals surface area contributed by atoms with Crippen molar-refractivity contribution in [1.82, 2.24) is 20.0 Å². The van der Waals surface area contributed by atoms with E-state index >= 15 is 0 Å². The summed E-state index contributed by atoms with van der Waals surface area (Å²) >= 11 is 0. The molecule has 1 atom stereocenters. The first-order valence-corrected chi connectivity index (χ1v) is 8.20. The van der Waals surface area contributed by atoms with E-state index in [2.05, 4.69) is 10.4 Å². The summed E-state index contributed by atoms with van der Waals surface area (Å²) in [5.74, 6) is -0.367. The molecule has 1 aromatic heterocycles. The topological polar surface area (TPSA) is 100 Å². The van der Waals surface area contributed by atoms with E-state index in [1.54, 1.807) is 35.4 Å². The van der Waals surface area contributed by atoms with E-state index in [4.69, 9.17) is 10.00 Å². The SMILES string of the molecule is COCC(=O)NC[C@@H]1CN(C(=O)c2cccc(C#N)c2)Cc2ccnn21. The predicted octanol–water partition coefficient (Wildman–Crippen LogP) is 0.714. The lowest BCUT2D eigenvalue weighted by Gasteiger charge is -2.34. The lowest BCUT2D eigenvalue weighted by atomic mass is 10.1. The summed E-state index contributed by atoms with van der Waals surface area (Å²) in [6.45, 7) is 1.18. The molecular formula is C18H19N5O3. The Bertz CT molecular complexity index is 855. The molecule has 0 bridgehead atoms. The van der Waals surface area contributed by atoms with Crippen molar-refractivity contribution in [3.05, 3.63) is 53.3 Å². The van der Waals surface area contributed by atoms with Gasteiger partial charge >= 0.3 is 0 Å². The number of fused-ring (bicyclic) bond motifs is 1. The van der Waals surface area contributed by atoms with E-state index in [9.17, 15) is 9.59 Å². The number of rotatable bonds is 5. The zero-order chi connectivity index (χ0) is 18.5. The number of nitrogens with zero attached hydrogens (tertiary/aromatic N) is 4. The standard InChI is InChI=1S/C18H19N5O3/c1-26-12-17(24)20-9-16-11-22(10-15-5-6-21-23(15)16)18(25)14-4-2-3-13(7-14)8-19/h2-7,16H,9-12H2,1H3,(H,20,24)/t16-/m1/s1. The number of benzene rings is 1. The predicted molar refractivity (Wildman–Crippen MR) is 92.0 cm³/mol. The summed E-state index contributed by atoms with van der Waals surface area (Å²) < 4.78 is 6.65. The van der Waals surface area contributed by atoms with E-state index < -0.39 is 0 Å². The maximum absolute atomic E-state index is 12.9. The molecule has 2 heterocycles. The van der Waals surface area contributed by atoms with Gasteiger partial charge in [0.25, 0.3) is 5.91 Å². The lowest BCUT2D eigenvalue weighted by Crippen LogP contribution is -2.45. The molecule has 0 aliphatic carbocycles. The second-order valence-corrected chi connectivity index (χ2v) is 6.04. The van der Waals surface area contributed by atoms with E-state index in [0.717, 1.165) is 5.69 Å². The minimum atomic E-state index is -0.216. The number of ether oxygens (including phenoxy) is 1. The van der Waals surface area contributed by atoms with Gasteiger partial charge in [-0.3, -0.25) is 14.3 Å². The van der Waals surface area contributed by atoms with Gasteiger partial charge in [-0.1, -0.05) is 6.07 Å². The Labute approximate surface area is 151 Å². The fourth-order valence-corrected chi connectivity index (χ4v) is 3.01. The molecule has 2 amide bonds. The molecule has 8 nitrogen and oxygen atoms in total. The average molecular weight is 353 g/mol. The highest BCUT2D eigenvalue weighted by atomic mass is 16.5. The average Bonchev–Trinajstić information content (AvgIpc) is 3.14. The number of hydrogen-bond acceptors (Lipinski definition) is 5. The first-order valence-electron chi connectivity index (χ1n) is 8.20. The molecule has 8 heteroatoms. The monoisotopic (exact) mass is 353 g/mol. The molecule has 1 aliphatic heterocycles. The summed E-state index contributed by atoms with van der Waals surface area (Å²) in [5, 5.41) is 16.1. The number of aromatic nitrogens is 2. The van der Waals surface area contributed by atoms with E-state index in [1.807, 2.05) is 16.8 Å². The minimum Gasteiger partial charge on any atom is -0.375 e. The van der Waals surface area contributed by atoms with Gasteiger partial charge in [-0.05, 0) is 24.3 Å². The second-order valence-electron chi connectivity index (χ2n) is 6.04. The van der Waals surface area contributed by atoms with Crippen LogP contribution in [0.2, 0.25) is 0 Å². The number of methoxy groups -OCH3 is 1. The highest BCUT2D eigenvalue weighted by Gasteiger charge is 2.29. The number of nitriles is 1. The highest BCUT2D eigenvalue weighted by molar-refractivity contribution is 5.94. The Balaban J connectivity index is 1.76. The lowest BCUT2D eigenvalue weighted by molar-refractivity contribution is -0.124. The smallest absolute Gasteiger partial charge is 0.254 e. The van der Waals surface area contributed by atoms with Crippen molar-refractivity contribution in [2.45, 2.75) is 12.6 Å². The Morgan fingerprint density at radius 2 is 2.27 bits per heavy atom. The van der Waals surface area contributed by atoms with Gasteiger partial charge in [-0.2, -0.15) is 10.4 Å². The molecule has 0 saturated heterocycles. The number of hydrogen-bond donors (Lipinski definition) is 1. The van der Waals surface area contributed by atoms with Crippen molar-refractivity contribution in [2.75, 3.05) is 26.8 Å². The number of amides is 2. The van der Waals surface area contributed by atoms with Gasteiger partial charge in [-0.25, -0.2) is 0 Å². The van der Waals surface area contributed by atoms with Gasteiger partial charge in [0.15, 0.2) is 0 Å². The second kappa shape index (κ2) is 7.80. The fourth-order valence-electron chi connectivity index (χ4n) is 3.01. The van der Waals surface area contributed by atoms with E-state index in [1.165, 1.54) is 7.11 Å². The molecule has 0 fully saturated rings. The third-order valence-corrected chi connectivity index (χ3v) is 4.22. The maximum atomic E-state index is 12.9. The van der Waals surface area contributed by atoms with Gasteiger partial charge in [0.1, 0.15) is 6.61 Å². The Kier molecular flexibility index (Phi) is 5.29. The van der Waals surface area contributed by atoms with Crippen molar-refractivity contribution in [2.24, 2.45) is 0 Å². The van der Waals surface area contributed by atoms with Crippen molar-refractivity contribution in [3.63, 3.8) is 0 Å². The van der Waals surface area contributed by atoms with Gasteiger partial charge in [-0.15, -0.1) is 0 Å². The molecule has 134 valence electrons. The minimum absolute atomic E-state index is 0.0116. The molecule has 2 aromatic rings. The van der Waals surface area contributed by atoms with Crippen molar-refractivity contribution in [3.8, 4) is 6.07 Å². The van der Waals surface area contributed by atoms with Crippen LogP contribution in [-0.2, 0) is 16.1 Å². The van der Waals surface area contributed by atoms with Crippen molar-refractivity contribution >= 4 is 11.8 Å². The molecule has 1 aromatic carbocycles. The summed E-state index contributed by atoms with van der Waals surface area (Å²) in [4.78, 5) is 26.2. The van der Waals surface area contributed by atoms with Gasteiger partial charge in [0.05, 0.1) is 29.9 Å². The third-order valence-electron chi connectivity index (χ3n) is 4.22. The van der Waals surface area contributed by atoms with Gasteiger partial charge in [0, 0.05) is 32.0 Å². The number of carbonyl (C=O) groups excluding carboxylic acids is 2. The molecule has 26 heavy (non-hydrogen) atoms. The van der Waals surface area contributed by atoms with Crippen LogP contribution in [0.25, 0.3) is 0 Å². The van der Waals surface area contributed by atoms with Crippen LogP contribution >= 0.6 is 0 Å². The van der Waals surface area contributed by atoms with Crippen LogP contribution in [0.4, 0.5) is 0 Å². The molecular weight excluding hydrogens is 334 g/mol. The Morgan fingerprint density at radius 1 is 1.42 bits per heavy atom. The maximum Gasteiger partial charge on any atom is 0.254 e. The van der Waals surface area contributed by atoms with Crippen molar-refractivity contribution < 1.29 is 14.3 Å². The fraction of sp³-hybridized carbons (Fsp3) is 0.333. The Hall–Kier alpha value is -3.18. The molecule has 1 aliphatic rings. The summed E-state index contributed by atoms with van der Waals surface area (Å²) in [5.41, 5.74) is 1.81.